The van der Waals surface area contributed by atoms with E-state index in [1.54, 1.807) is 0 Å². The lowest BCUT2D eigenvalue weighted by Crippen LogP contribution is -2.41. The summed E-state index contributed by atoms with van der Waals surface area (Å²) in [4.78, 5) is 33.6. The molecule has 4 aromatic rings. The van der Waals surface area contributed by atoms with E-state index < -0.39 is 0 Å². The fraction of sp³-hybridized carbons (Fsp3) is 0.192. The molecular weight excluding hydrogens is 404 g/mol. The standard InChI is InChI=1S/C26H18N2O2S/c1-13-10-11-18-19(12-13)31-26(27-18)28-24(29)22-20-14-6-2-3-7-15(14)21(23(22)25(28)30)17-9-5-4-8-16(17)20/h2-12,20-23H,1H3/t20?,21?,22-,23-/m1/s1. The molecule has 2 bridgehead atoms. The average Bonchev–Trinajstić information content (AvgIpc) is 3.31. The SMILES string of the molecule is Cc1ccc2nc(N3C(=O)[C@@H]4C5c6ccccc6C(c6ccccc65)[C@H]4C3=O)sc2c1. The van der Waals surface area contributed by atoms with E-state index >= 15 is 0 Å². The third-order valence-electron chi connectivity index (χ3n) is 7.17. The van der Waals surface area contributed by atoms with E-state index in [4.69, 9.17) is 0 Å². The van der Waals surface area contributed by atoms with Gasteiger partial charge in [0, 0.05) is 11.8 Å². The summed E-state index contributed by atoms with van der Waals surface area (Å²) in [7, 11) is 0. The number of hydrogen-bond acceptors (Lipinski definition) is 4. The van der Waals surface area contributed by atoms with Crippen LogP contribution in [0.4, 0.5) is 5.13 Å². The molecule has 8 rings (SSSR count). The Labute approximate surface area is 183 Å². The van der Waals surface area contributed by atoms with E-state index in [0.29, 0.717) is 5.13 Å². The number of carbonyl (C=O) groups excluding carboxylic acids is 2. The molecule has 5 heteroatoms. The van der Waals surface area contributed by atoms with Gasteiger partial charge in [-0.25, -0.2) is 9.88 Å². The molecule has 2 amide bonds. The smallest absolute Gasteiger partial charge is 0.240 e. The van der Waals surface area contributed by atoms with Crippen molar-refractivity contribution in [2.24, 2.45) is 11.8 Å². The number of benzene rings is 3. The number of aryl methyl sites for hydroxylation is 1. The number of thiazole rings is 1. The second-order valence-electron chi connectivity index (χ2n) is 8.74. The van der Waals surface area contributed by atoms with Crippen LogP contribution in [0, 0.1) is 18.8 Å². The quantitative estimate of drug-likeness (QED) is 0.406. The zero-order valence-corrected chi connectivity index (χ0v) is 17.6. The maximum atomic E-state index is 13.8. The van der Waals surface area contributed by atoms with Crippen molar-refractivity contribution >= 4 is 38.5 Å². The van der Waals surface area contributed by atoms with Gasteiger partial charge >= 0.3 is 0 Å². The molecule has 4 nitrogen and oxygen atoms in total. The molecule has 0 radical (unpaired) electrons. The van der Waals surface area contributed by atoms with Gasteiger partial charge in [-0.15, -0.1) is 0 Å². The van der Waals surface area contributed by atoms with Crippen LogP contribution in [0.15, 0.2) is 66.7 Å². The van der Waals surface area contributed by atoms with Gasteiger partial charge in [0.2, 0.25) is 11.8 Å². The Bertz CT molecular complexity index is 1320. The monoisotopic (exact) mass is 422 g/mol. The van der Waals surface area contributed by atoms with Crippen LogP contribution < -0.4 is 4.90 Å². The Kier molecular flexibility index (Phi) is 3.30. The van der Waals surface area contributed by atoms with E-state index in [-0.39, 0.29) is 35.5 Å². The molecule has 3 aromatic carbocycles. The number of amides is 2. The van der Waals surface area contributed by atoms with Crippen molar-refractivity contribution in [3.63, 3.8) is 0 Å². The van der Waals surface area contributed by atoms with Crippen molar-refractivity contribution in [3.05, 3.63) is 94.5 Å². The predicted molar refractivity (Wildman–Crippen MR) is 120 cm³/mol. The summed E-state index contributed by atoms with van der Waals surface area (Å²) in [5.74, 6) is -1.11. The number of aromatic nitrogens is 1. The van der Waals surface area contributed by atoms with Gasteiger partial charge < -0.3 is 0 Å². The summed E-state index contributed by atoms with van der Waals surface area (Å²) < 4.78 is 1.00. The molecule has 3 aliphatic carbocycles. The number of fused-ring (bicyclic) bond motifs is 1. The highest BCUT2D eigenvalue weighted by Gasteiger charge is 2.62. The van der Waals surface area contributed by atoms with Crippen molar-refractivity contribution in [2.45, 2.75) is 18.8 Å². The van der Waals surface area contributed by atoms with Gasteiger partial charge in [-0.2, -0.15) is 0 Å². The fourth-order valence-corrected chi connectivity index (χ4v) is 7.06. The molecule has 0 unspecified atom stereocenters. The molecule has 0 saturated carbocycles. The van der Waals surface area contributed by atoms with Gasteiger partial charge in [-0.05, 0) is 46.9 Å². The van der Waals surface area contributed by atoms with E-state index in [1.165, 1.54) is 38.5 Å². The number of hydrogen-bond donors (Lipinski definition) is 0. The lowest BCUT2D eigenvalue weighted by molar-refractivity contribution is -0.122. The third-order valence-corrected chi connectivity index (χ3v) is 8.18. The van der Waals surface area contributed by atoms with Crippen molar-refractivity contribution in [3.8, 4) is 0 Å². The molecule has 0 N–H and O–H groups in total. The molecule has 1 saturated heterocycles. The number of rotatable bonds is 1. The first-order valence-corrected chi connectivity index (χ1v) is 11.4. The van der Waals surface area contributed by atoms with Crippen LogP contribution >= 0.6 is 11.3 Å². The summed E-state index contributed by atoms with van der Waals surface area (Å²) in [5, 5.41) is 0.498. The molecular formula is C26H18N2O2S. The van der Waals surface area contributed by atoms with Crippen molar-refractivity contribution in [1.29, 1.82) is 0 Å². The lowest BCUT2D eigenvalue weighted by atomic mass is 9.55. The highest BCUT2D eigenvalue weighted by atomic mass is 32.1. The van der Waals surface area contributed by atoms with Crippen LogP contribution in [0.1, 0.15) is 39.7 Å². The van der Waals surface area contributed by atoms with Crippen LogP contribution in [0.3, 0.4) is 0 Å². The number of anilines is 1. The second kappa shape index (κ2) is 5.89. The topological polar surface area (TPSA) is 50.3 Å². The first-order chi connectivity index (χ1) is 15.1. The summed E-state index contributed by atoms with van der Waals surface area (Å²) in [6, 6.07) is 22.7. The van der Waals surface area contributed by atoms with Gasteiger partial charge in [0.15, 0.2) is 5.13 Å². The second-order valence-corrected chi connectivity index (χ2v) is 9.75. The molecule has 31 heavy (non-hydrogen) atoms. The Morgan fingerprint density at radius 1 is 0.774 bits per heavy atom. The number of imide groups is 1. The third kappa shape index (κ3) is 2.12. The molecule has 4 aliphatic rings. The number of carbonyl (C=O) groups is 2. The fourth-order valence-electron chi connectivity index (χ4n) is 5.98. The van der Waals surface area contributed by atoms with Crippen LogP contribution in [0.25, 0.3) is 10.2 Å². The van der Waals surface area contributed by atoms with Crippen LogP contribution in [0.5, 0.6) is 0 Å². The summed E-state index contributed by atoms with van der Waals surface area (Å²) in [6.45, 7) is 2.03. The maximum absolute atomic E-state index is 13.8. The zero-order valence-electron chi connectivity index (χ0n) is 16.8. The summed E-state index contributed by atoms with van der Waals surface area (Å²) in [6.07, 6.45) is 0. The van der Waals surface area contributed by atoms with Gasteiger partial charge in [-0.1, -0.05) is 65.9 Å². The van der Waals surface area contributed by atoms with Gasteiger partial charge in [0.25, 0.3) is 0 Å². The van der Waals surface area contributed by atoms with Crippen molar-refractivity contribution in [2.75, 3.05) is 4.90 Å². The maximum Gasteiger partial charge on any atom is 0.240 e. The van der Waals surface area contributed by atoms with Gasteiger partial charge in [0.05, 0.1) is 22.1 Å². The molecule has 150 valence electrons. The van der Waals surface area contributed by atoms with E-state index in [9.17, 15) is 9.59 Å². The van der Waals surface area contributed by atoms with Crippen molar-refractivity contribution < 1.29 is 9.59 Å². The van der Waals surface area contributed by atoms with Crippen LogP contribution in [-0.4, -0.2) is 16.8 Å². The molecule has 1 aliphatic heterocycles. The van der Waals surface area contributed by atoms with Crippen LogP contribution in [-0.2, 0) is 9.59 Å². The minimum absolute atomic E-state index is 0.0829. The Hall–Kier alpha value is -3.31. The predicted octanol–water partition coefficient (Wildman–Crippen LogP) is 5.00. The van der Waals surface area contributed by atoms with E-state index in [0.717, 1.165) is 15.8 Å². The summed E-state index contributed by atoms with van der Waals surface area (Å²) >= 11 is 1.43. The lowest BCUT2D eigenvalue weighted by Gasteiger charge is -2.45. The molecule has 2 atom stereocenters. The summed E-state index contributed by atoms with van der Waals surface area (Å²) in [5.41, 5.74) is 6.73. The normalized spacial score (nSPS) is 25.6. The first kappa shape index (κ1) is 17.4. The van der Waals surface area contributed by atoms with E-state index in [1.807, 2.05) is 43.3 Å². The molecule has 1 fully saturated rings. The Morgan fingerprint density at radius 2 is 1.29 bits per heavy atom. The largest absolute Gasteiger partial charge is 0.274 e. The van der Waals surface area contributed by atoms with Crippen molar-refractivity contribution in [1.82, 2.24) is 4.98 Å². The first-order valence-electron chi connectivity index (χ1n) is 10.6. The Morgan fingerprint density at radius 3 is 1.81 bits per heavy atom. The highest BCUT2D eigenvalue weighted by molar-refractivity contribution is 7.22. The average molecular weight is 423 g/mol. The van der Waals surface area contributed by atoms with Gasteiger partial charge in [-0.3, -0.25) is 9.59 Å². The number of nitrogens with zero attached hydrogens (tertiary/aromatic N) is 2. The Balaban J connectivity index is 1.42. The molecule has 2 heterocycles. The minimum Gasteiger partial charge on any atom is -0.274 e. The molecule has 1 aromatic heterocycles. The van der Waals surface area contributed by atoms with Gasteiger partial charge in [0.1, 0.15) is 0 Å². The highest BCUT2D eigenvalue weighted by Crippen LogP contribution is 2.61. The van der Waals surface area contributed by atoms with E-state index in [2.05, 4.69) is 35.3 Å². The zero-order chi connectivity index (χ0) is 20.9. The molecule has 0 spiro atoms. The minimum atomic E-state index is -0.365. The van der Waals surface area contributed by atoms with Crippen LogP contribution in [0.2, 0.25) is 0 Å².